The Kier molecular flexibility index (Phi) is 3.15. The minimum Gasteiger partial charge on any atom is -0.272 e. The lowest BCUT2D eigenvalue weighted by Crippen LogP contribution is -2.00. The molecule has 0 saturated heterocycles. The van der Waals surface area contributed by atoms with Gasteiger partial charge < -0.3 is 0 Å². The lowest BCUT2D eigenvalue weighted by Gasteiger charge is -1.96. The predicted molar refractivity (Wildman–Crippen MR) is 59.5 cm³/mol. The summed E-state index contributed by atoms with van der Waals surface area (Å²) in [4.78, 5) is 6.65. The highest BCUT2D eigenvalue weighted by molar-refractivity contribution is 5.60. The largest absolute Gasteiger partial charge is 0.272 e. The van der Waals surface area contributed by atoms with Crippen molar-refractivity contribution in [3.63, 3.8) is 0 Å². The summed E-state index contributed by atoms with van der Waals surface area (Å²) < 4.78 is 1.75. The van der Waals surface area contributed by atoms with Crippen LogP contribution in [0.1, 0.15) is 0 Å². The van der Waals surface area contributed by atoms with Gasteiger partial charge in [0.25, 0.3) is 0 Å². The molecule has 0 aliphatic carbocycles. The average Bonchev–Trinajstić information content (AvgIpc) is 2.79. The smallest absolute Gasteiger partial charge is 0.0568 e. The van der Waals surface area contributed by atoms with Crippen molar-refractivity contribution < 1.29 is 0 Å². The number of hydrogen-bond acceptors (Lipinski definition) is 3. The molecule has 0 fully saturated rings. The molecule has 0 unspecified atom stereocenters. The van der Waals surface area contributed by atoms with Gasteiger partial charge in [0.2, 0.25) is 0 Å². The zero-order valence-electron chi connectivity index (χ0n) is 8.56. The summed E-state index contributed by atoms with van der Waals surface area (Å²) >= 11 is 0. The molecular weight excluding hydrogens is 204 g/mol. The van der Waals surface area contributed by atoms with Crippen molar-refractivity contribution in [1.29, 1.82) is 0 Å². The fourth-order valence-corrected chi connectivity index (χ4v) is 1.37. The summed E-state index contributed by atoms with van der Waals surface area (Å²) in [7, 11) is 0. The van der Waals surface area contributed by atoms with Crippen molar-refractivity contribution in [1.82, 2.24) is 14.8 Å². The SMILES string of the molecule is [N-]=[N+]=NCCn1cc(-c2ccncc2)cn1. The second kappa shape index (κ2) is 4.95. The van der Waals surface area contributed by atoms with E-state index < -0.39 is 0 Å². The van der Waals surface area contributed by atoms with Gasteiger partial charge in [0, 0.05) is 42.2 Å². The molecule has 0 saturated carbocycles. The van der Waals surface area contributed by atoms with Crippen LogP contribution in [0.5, 0.6) is 0 Å². The van der Waals surface area contributed by atoms with Crippen molar-refractivity contribution >= 4 is 0 Å². The second-order valence-corrected chi connectivity index (χ2v) is 3.18. The first kappa shape index (κ1) is 10.2. The summed E-state index contributed by atoms with van der Waals surface area (Å²) in [6, 6.07) is 3.85. The van der Waals surface area contributed by atoms with Crippen molar-refractivity contribution in [2.45, 2.75) is 6.54 Å². The zero-order chi connectivity index (χ0) is 11.2. The third-order valence-corrected chi connectivity index (χ3v) is 2.14. The predicted octanol–water partition coefficient (Wildman–Crippen LogP) is 2.26. The van der Waals surface area contributed by atoms with Crippen LogP contribution in [-0.2, 0) is 6.54 Å². The normalized spacial score (nSPS) is 9.75. The Labute approximate surface area is 92.2 Å². The lowest BCUT2D eigenvalue weighted by atomic mass is 10.1. The Balaban J connectivity index is 2.11. The van der Waals surface area contributed by atoms with Gasteiger partial charge in [-0.1, -0.05) is 5.11 Å². The van der Waals surface area contributed by atoms with E-state index in [-0.39, 0.29) is 0 Å². The highest BCUT2D eigenvalue weighted by Crippen LogP contribution is 2.16. The Morgan fingerprint density at radius 1 is 1.31 bits per heavy atom. The van der Waals surface area contributed by atoms with Crippen LogP contribution in [0.4, 0.5) is 0 Å². The maximum atomic E-state index is 8.15. The number of aromatic nitrogens is 3. The fraction of sp³-hybridized carbons (Fsp3) is 0.200. The highest BCUT2D eigenvalue weighted by Gasteiger charge is 2.00. The molecule has 6 heteroatoms. The third-order valence-electron chi connectivity index (χ3n) is 2.14. The lowest BCUT2D eigenvalue weighted by molar-refractivity contribution is 0.624. The monoisotopic (exact) mass is 214 g/mol. The zero-order valence-corrected chi connectivity index (χ0v) is 8.56. The fourth-order valence-electron chi connectivity index (χ4n) is 1.37. The maximum Gasteiger partial charge on any atom is 0.0568 e. The van der Waals surface area contributed by atoms with Gasteiger partial charge in [0.05, 0.1) is 6.20 Å². The van der Waals surface area contributed by atoms with Gasteiger partial charge in [-0.3, -0.25) is 9.67 Å². The molecule has 2 rings (SSSR count). The molecular formula is C10H10N6. The van der Waals surface area contributed by atoms with Gasteiger partial charge in [-0.15, -0.1) is 0 Å². The molecule has 0 radical (unpaired) electrons. The van der Waals surface area contributed by atoms with Crippen molar-refractivity contribution in [3.05, 3.63) is 47.4 Å². The summed E-state index contributed by atoms with van der Waals surface area (Å²) in [5.41, 5.74) is 10.3. The van der Waals surface area contributed by atoms with Gasteiger partial charge in [0.1, 0.15) is 0 Å². The number of hydrogen-bond donors (Lipinski definition) is 0. The Bertz CT molecular complexity index is 497. The molecule has 0 spiro atoms. The van der Waals surface area contributed by atoms with E-state index in [9.17, 15) is 0 Å². The van der Waals surface area contributed by atoms with E-state index in [4.69, 9.17) is 5.53 Å². The standard InChI is InChI=1S/C10H10N6/c11-15-13-5-6-16-8-10(7-14-16)9-1-3-12-4-2-9/h1-4,7-8H,5-6H2. The van der Waals surface area contributed by atoms with Crippen LogP contribution in [0.3, 0.4) is 0 Å². The first-order valence-electron chi connectivity index (χ1n) is 4.84. The van der Waals surface area contributed by atoms with Gasteiger partial charge in [-0.2, -0.15) is 5.10 Å². The highest BCUT2D eigenvalue weighted by atomic mass is 15.3. The van der Waals surface area contributed by atoms with Crippen LogP contribution in [0.15, 0.2) is 42.0 Å². The summed E-state index contributed by atoms with van der Waals surface area (Å²) in [6.45, 7) is 1.00. The van der Waals surface area contributed by atoms with Gasteiger partial charge in [-0.25, -0.2) is 0 Å². The van der Waals surface area contributed by atoms with E-state index in [1.54, 1.807) is 23.3 Å². The Hall–Kier alpha value is -2.33. The number of azide groups is 1. The van der Waals surface area contributed by atoms with Gasteiger partial charge in [-0.05, 0) is 23.2 Å². The minimum absolute atomic E-state index is 0.411. The Morgan fingerprint density at radius 3 is 2.88 bits per heavy atom. The second-order valence-electron chi connectivity index (χ2n) is 3.18. The molecule has 0 aliphatic rings. The molecule has 16 heavy (non-hydrogen) atoms. The molecule has 2 heterocycles. The van der Waals surface area contributed by atoms with Crippen LogP contribution in [0, 0.1) is 0 Å². The van der Waals surface area contributed by atoms with E-state index in [1.165, 1.54) is 0 Å². The molecule has 0 aromatic carbocycles. The topological polar surface area (TPSA) is 79.5 Å². The van der Waals surface area contributed by atoms with Crippen LogP contribution in [0.25, 0.3) is 21.6 Å². The molecule has 2 aromatic rings. The molecule has 6 nitrogen and oxygen atoms in total. The molecule has 0 aliphatic heterocycles. The molecule has 0 N–H and O–H groups in total. The van der Waals surface area contributed by atoms with E-state index in [0.29, 0.717) is 13.1 Å². The van der Waals surface area contributed by atoms with Gasteiger partial charge in [0.15, 0.2) is 0 Å². The quantitative estimate of drug-likeness (QED) is 0.444. The third kappa shape index (κ3) is 2.37. The average molecular weight is 214 g/mol. The van der Waals surface area contributed by atoms with E-state index >= 15 is 0 Å². The molecule has 0 amide bonds. The first-order valence-corrected chi connectivity index (χ1v) is 4.84. The molecule has 0 atom stereocenters. The summed E-state index contributed by atoms with van der Waals surface area (Å²) in [5, 5.41) is 7.64. The molecule has 80 valence electrons. The van der Waals surface area contributed by atoms with Crippen LogP contribution in [-0.4, -0.2) is 21.3 Å². The van der Waals surface area contributed by atoms with Crippen molar-refractivity contribution in [2.75, 3.05) is 6.54 Å². The summed E-state index contributed by atoms with van der Waals surface area (Å²) in [5.74, 6) is 0. The first-order chi connectivity index (χ1) is 7.90. The number of pyridine rings is 1. The van der Waals surface area contributed by atoms with Crippen molar-refractivity contribution in [2.24, 2.45) is 5.11 Å². The molecule has 2 aromatic heterocycles. The number of rotatable bonds is 4. The number of nitrogens with zero attached hydrogens (tertiary/aromatic N) is 6. The van der Waals surface area contributed by atoms with E-state index in [0.717, 1.165) is 11.1 Å². The van der Waals surface area contributed by atoms with E-state index in [1.807, 2.05) is 18.3 Å². The van der Waals surface area contributed by atoms with Gasteiger partial charge >= 0.3 is 0 Å². The van der Waals surface area contributed by atoms with Crippen LogP contribution < -0.4 is 0 Å². The van der Waals surface area contributed by atoms with Crippen LogP contribution >= 0.6 is 0 Å². The maximum absolute atomic E-state index is 8.15. The van der Waals surface area contributed by atoms with Crippen molar-refractivity contribution in [3.8, 4) is 11.1 Å². The minimum atomic E-state index is 0.411. The molecule has 0 bridgehead atoms. The van der Waals surface area contributed by atoms with E-state index in [2.05, 4.69) is 20.1 Å². The Morgan fingerprint density at radius 2 is 2.12 bits per heavy atom. The van der Waals surface area contributed by atoms with Crippen LogP contribution in [0.2, 0.25) is 0 Å². The summed E-state index contributed by atoms with van der Waals surface area (Å²) in [6.07, 6.45) is 7.19.